The van der Waals surface area contributed by atoms with Crippen LogP contribution in [0.2, 0.25) is 0 Å². The molecular formula is C23H22N2O3. The molecule has 3 rings (SSSR count). The van der Waals surface area contributed by atoms with Gasteiger partial charge in [-0.25, -0.2) is 4.79 Å². The van der Waals surface area contributed by atoms with Gasteiger partial charge in [-0.15, -0.1) is 0 Å². The van der Waals surface area contributed by atoms with Crippen LogP contribution in [0.15, 0.2) is 72.8 Å². The molecule has 3 aromatic rings. The summed E-state index contributed by atoms with van der Waals surface area (Å²) in [7, 11) is 0. The Bertz CT molecular complexity index is 964. The number of nitrogens with one attached hydrogen (secondary N) is 2. The summed E-state index contributed by atoms with van der Waals surface area (Å²) in [5.41, 5.74) is 4.73. The summed E-state index contributed by atoms with van der Waals surface area (Å²) in [4.78, 5) is 23.1. The monoisotopic (exact) mass is 374 g/mol. The molecule has 0 atom stereocenters. The number of benzene rings is 3. The first-order valence-corrected chi connectivity index (χ1v) is 8.99. The number of hydrogen-bond donors (Lipinski definition) is 2. The molecule has 0 aliphatic rings. The van der Waals surface area contributed by atoms with E-state index in [0.29, 0.717) is 11.4 Å². The summed E-state index contributed by atoms with van der Waals surface area (Å²) in [6.07, 6.45) is 0.237. The summed E-state index contributed by atoms with van der Waals surface area (Å²) in [5, 5.41) is 5.48. The maximum atomic E-state index is 12.0. The van der Waals surface area contributed by atoms with Crippen LogP contribution in [-0.2, 0) is 11.2 Å². The zero-order valence-electron chi connectivity index (χ0n) is 15.9. The van der Waals surface area contributed by atoms with Crippen LogP contribution in [0.3, 0.4) is 0 Å². The molecule has 28 heavy (non-hydrogen) atoms. The average molecular weight is 374 g/mol. The number of hydrogen-bond acceptors (Lipinski definition) is 3. The topological polar surface area (TPSA) is 67.4 Å². The van der Waals surface area contributed by atoms with E-state index in [1.54, 1.807) is 12.1 Å². The Kier molecular flexibility index (Phi) is 6.07. The van der Waals surface area contributed by atoms with Gasteiger partial charge in [-0.2, -0.15) is 0 Å². The molecule has 0 heterocycles. The molecule has 0 spiro atoms. The van der Waals surface area contributed by atoms with E-state index >= 15 is 0 Å². The van der Waals surface area contributed by atoms with Crippen LogP contribution in [0, 0.1) is 6.92 Å². The predicted molar refractivity (Wildman–Crippen MR) is 111 cm³/mol. The molecule has 0 unspecified atom stereocenters. The predicted octanol–water partition coefficient (Wildman–Crippen LogP) is 5.16. The normalized spacial score (nSPS) is 10.2. The summed E-state index contributed by atoms with van der Waals surface area (Å²) >= 11 is 0. The van der Waals surface area contributed by atoms with E-state index in [-0.39, 0.29) is 5.91 Å². The van der Waals surface area contributed by atoms with Crippen LogP contribution in [0.4, 0.5) is 16.2 Å². The van der Waals surface area contributed by atoms with Gasteiger partial charge in [0, 0.05) is 18.3 Å². The Hall–Kier alpha value is -3.60. The van der Waals surface area contributed by atoms with Crippen molar-refractivity contribution in [1.29, 1.82) is 0 Å². The average Bonchev–Trinajstić information content (AvgIpc) is 2.64. The number of anilines is 2. The van der Waals surface area contributed by atoms with Crippen molar-refractivity contribution >= 4 is 23.4 Å². The second kappa shape index (κ2) is 8.86. The van der Waals surface area contributed by atoms with E-state index in [1.807, 2.05) is 67.6 Å². The van der Waals surface area contributed by atoms with Crippen LogP contribution in [0.25, 0.3) is 0 Å². The van der Waals surface area contributed by atoms with E-state index in [2.05, 4.69) is 10.6 Å². The lowest BCUT2D eigenvalue weighted by Crippen LogP contribution is -2.16. The SMILES string of the molecule is CC(=O)Nc1ccc(Cc2ccc(NC(=O)Oc3cccc(C)c3)cc2)cc1. The van der Waals surface area contributed by atoms with Gasteiger partial charge in [0.15, 0.2) is 0 Å². The van der Waals surface area contributed by atoms with Gasteiger partial charge < -0.3 is 10.1 Å². The summed E-state index contributed by atoms with van der Waals surface area (Å²) < 4.78 is 5.28. The molecule has 0 bridgehead atoms. The molecule has 0 saturated heterocycles. The van der Waals surface area contributed by atoms with Crippen molar-refractivity contribution in [2.75, 3.05) is 10.6 Å². The molecule has 5 nitrogen and oxygen atoms in total. The molecule has 0 radical (unpaired) electrons. The maximum Gasteiger partial charge on any atom is 0.417 e. The second-order valence-corrected chi connectivity index (χ2v) is 6.58. The molecule has 0 fully saturated rings. The Balaban J connectivity index is 1.55. The zero-order chi connectivity index (χ0) is 19.9. The van der Waals surface area contributed by atoms with Crippen LogP contribution >= 0.6 is 0 Å². The van der Waals surface area contributed by atoms with Crippen molar-refractivity contribution in [3.63, 3.8) is 0 Å². The summed E-state index contributed by atoms with van der Waals surface area (Å²) in [6.45, 7) is 3.43. The van der Waals surface area contributed by atoms with Crippen LogP contribution in [0.5, 0.6) is 5.75 Å². The number of ether oxygens (including phenoxy) is 1. The molecule has 2 N–H and O–H groups in total. The lowest BCUT2D eigenvalue weighted by molar-refractivity contribution is -0.114. The molecule has 0 aliphatic heterocycles. The third-order valence-electron chi connectivity index (χ3n) is 4.08. The number of aryl methyl sites for hydroxylation is 1. The van der Waals surface area contributed by atoms with Gasteiger partial charge in [-0.1, -0.05) is 36.4 Å². The highest BCUT2D eigenvalue weighted by atomic mass is 16.6. The van der Waals surface area contributed by atoms with Crippen molar-refractivity contribution in [3.8, 4) is 5.75 Å². The van der Waals surface area contributed by atoms with Gasteiger partial charge in [0.05, 0.1) is 0 Å². The Morgan fingerprint density at radius 1 is 0.821 bits per heavy atom. The Morgan fingerprint density at radius 2 is 1.39 bits per heavy atom. The van der Waals surface area contributed by atoms with Crippen molar-refractivity contribution in [1.82, 2.24) is 0 Å². The fraction of sp³-hybridized carbons (Fsp3) is 0.130. The standard InChI is InChI=1S/C23H22N2O3/c1-16-4-3-5-22(14-16)28-23(27)25-21-12-8-19(9-13-21)15-18-6-10-20(11-7-18)24-17(2)26/h3-14H,15H2,1-2H3,(H,24,26)(H,25,27). The number of carbonyl (C=O) groups is 2. The van der Waals surface area contributed by atoms with Crippen LogP contribution in [-0.4, -0.2) is 12.0 Å². The zero-order valence-corrected chi connectivity index (χ0v) is 15.9. The molecule has 3 aromatic carbocycles. The van der Waals surface area contributed by atoms with Gasteiger partial charge in [-0.3, -0.25) is 10.1 Å². The smallest absolute Gasteiger partial charge is 0.410 e. The Labute approximate surface area is 164 Å². The van der Waals surface area contributed by atoms with E-state index in [9.17, 15) is 9.59 Å². The third-order valence-corrected chi connectivity index (χ3v) is 4.08. The van der Waals surface area contributed by atoms with Crippen LogP contribution < -0.4 is 15.4 Å². The van der Waals surface area contributed by atoms with Gasteiger partial charge in [-0.05, 0) is 66.4 Å². The van der Waals surface area contributed by atoms with Gasteiger partial charge >= 0.3 is 6.09 Å². The maximum absolute atomic E-state index is 12.0. The number of rotatable bonds is 5. The largest absolute Gasteiger partial charge is 0.417 e. The number of amides is 2. The van der Waals surface area contributed by atoms with E-state index < -0.39 is 6.09 Å². The van der Waals surface area contributed by atoms with E-state index in [4.69, 9.17) is 4.74 Å². The third kappa shape index (κ3) is 5.71. The quantitative estimate of drug-likeness (QED) is 0.648. The molecule has 5 heteroatoms. The highest BCUT2D eigenvalue weighted by Gasteiger charge is 2.06. The minimum atomic E-state index is -0.521. The lowest BCUT2D eigenvalue weighted by atomic mass is 10.0. The van der Waals surface area contributed by atoms with Crippen molar-refractivity contribution in [2.24, 2.45) is 0 Å². The van der Waals surface area contributed by atoms with Crippen LogP contribution in [0.1, 0.15) is 23.6 Å². The molecule has 0 aromatic heterocycles. The van der Waals surface area contributed by atoms with Crippen molar-refractivity contribution < 1.29 is 14.3 Å². The summed E-state index contributed by atoms with van der Waals surface area (Å²) in [5.74, 6) is 0.425. The first-order chi connectivity index (χ1) is 13.5. The van der Waals surface area contributed by atoms with E-state index in [0.717, 1.165) is 28.8 Å². The van der Waals surface area contributed by atoms with Gasteiger partial charge in [0.1, 0.15) is 5.75 Å². The van der Waals surface area contributed by atoms with Gasteiger partial charge in [0.2, 0.25) is 5.91 Å². The minimum Gasteiger partial charge on any atom is -0.410 e. The Morgan fingerprint density at radius 3 is 1.93 bits per heavy atom. The minimum absolute atomic E-state index is 0.0863. The molecule has 0 aliphatic carbocycles. The summed E-state index contributed by atoms with van der Waals surface area (Å²) in [6, 6.07) is 22.7. The number of carbonyl (C=O) groups excluding carboxylic acids is 2. The lowest BCUT2D eigenvalue weighted by Gasteiger charge is -2.08. The van der Waals surface area contributed by atoms with Crippen molar-refractivity contribution in [2.45, 2.75) is 20.3 Å². The molecule has 142 valence electrons. The first kappa shape index (κ1) is 19.2. The highest BCUT2D eigenvalue weighted by Crippen LogP contribution is 2.17. The molecule has 0 saturated carbocycles. The van der Waals surface area contributed by atoms with E-state index in [1.165, 1.54) is 6.92 Å². The highest BCUT2D eigenvalue weighted by molar-refractivity contribution is 5.88. The fourth-order valence-corrected chi connectivity index (χ4v) is 2.78. The van der Waals surface area contributed by atoms with Crippen molar-refractivity contribution in [3.05, 3.63) is 89.5 Å². The second-order valence-electron chi connectivity index (χ2n) is 6.58. The first-order valence-electron chi connectivity index (χ1n) is 8.99. The molecule has 2 amide bonds. The van der Waals surface area contributed by atoms with Gasteiger partial charge in [0.25, 0.3) is 0 Å². The molecular weight excluding hydrogens is 352 g/mol. The fourth-order valence-electron chi connectivity index (χ4n) is 2.78.